The normalized spacial score (nSPS) is 10.4. The van der Waals surface area contributed by atoms with Gasteiger partial charge in [-0.2, -0.15) is 0 Å². The molecule has 0 saturated heterocycles. The molecule has 0 bridgehead atoms. The van der Waals surface area contributed by atoms with E-state index >= 15 is 0 Å². The molecule has 0 unspecified atom stereocenters. The number of benzene rings is 2. The van der Waals surface area contributed by atoms with E-state index in [2.05, 4.69) is 12.1 Å². The lowest BCUT2D eigenvalue weighted by atomic mass is 10.1. The summed E-state index contributed by atoms with van der Waals surface area (Å²) < 4.78 is 1.97. The highest BCUT2D eigenvalue weighted by molar-refractivity contribution is 7.07. The van der Waals surface area contributed by atoms with Crippen LogP contribution in [-0.2, 0) is 0 Å². The molecule has 0 spiro atoms. The SMILES string of the molecule is N=c1scc(-c2ccccc2)n1-c1ccccc1. The maximum absolute atomic E-state index is 8.06. The average molecular weight is 252 g/mol. The molecule has 0 aliphatic rings. The number of para-hydroxylation sites is 1. The highest BCUT2D eigenvalue weighted by Crippen LogP contribution is 2.22. The van der Waals surface area contributed by atoms with Gasteiger partial charge in [-0.15, -0.1) is 11.3 Å². The lowest BCUT2D eigenvalue weighted by molar-refractivity contribution is 0.987. The van der Waals surface area contributed by atoms with Gasteiger partial charge >= 0.3 is 0 Å². The van der Waals surface area contributed by atoms with Crippen LogP contribution in [0.15, 0.2) is 66.0 Å². The minimum Gasteiger partial charge on any atom is -0.286 e. The van der Waals surface area contributed by atoms with Crippen molar-refractivity contribution in [2.75, 3.05) is 0 Å². The van der Waals surface area contributed by atoms with E-state index in [9.17, 15) is 0 Å². The van der Waals surface area contributed by atoms with Crippen LogP contribution in [0.3, 0.4) is 0 Å². The van der Waals surface area contributed by atoms with E-state index in [1.807, 2.05) is 58.5 Å². The molecular weight excluding hydrogens is 240 g/mol. The predicted molar refractivity (Wildman–Crippen MR) is 74.9 cm³/mol. The van der Waals surface area contributed by atoms with Crippen molar-refractivity contribution in [2.24, 2.45) is 0 Å². The molecule has 2 nitrogen and oxygen atoms in total. The van der Waals surface area contributed by atoms with Crippen molar-refractivity contribution in [3.63, 3.8) is 0 Å². The molecule has 0 amide bonds. The van der Waals surface area contributed by atoms with Crippen LogP contribution in [0.25, 0.3) is 16.9 Å². The summed E-state index contributed by atoms with van der Waals surface area (Å²) in [5, 5.41) is 10.1. The van der Waals surface area contributed by atoms with Gasteiger partial charge in [-0.25, -0.2) is 0 Å². The molecule has 0 aliphatic heterocycles. The van der Waals surface area contributed by atoms with Crippen LogP contribution in [0.5, 0.6) is 0 Å². The first-order valence-corrected chi connectivity index (χ1v) is 6.60. The van der Waals surface area contributed by atoms with E-state index in [0.717, 1.165) is 16.9 Å². The van der Waals surface area contributed by atoms with Crippen molar-refractivity contribution in [1.29, 1.82) is 5.41 Å². The topological polar surface area (TPSA) is 28.8 Å². The minimum absolute atomic E-state index is 0.542. The summed E-state index contributed by atoms with van der Waals surface area (Å²) in [5.74, 6) is 0. The number of thiazole rings is 1. The molecule has 18 heavy (non-hydrogen) atoms. The molecule has 0 aliphatic carbocycles. The molecule has 1 N–H and O–H groups in total. The third kappa shape index (κ3) is 1.89. The quantitative estimate of drug-likeness (QED) is 0.721. The summed E-state index contributed by atoms with van der Waals surface area (Å²) in [6.45, 7) is 0. The van der Waals surface area contributed by atoms with Gasteiger partial charge in [-0.1, -0.05) is 48.5 Å². The molecule has 2 aromatic carbocycles. The van der Waals surface area contributed by atoms with Crippen LogP contribution in [0.1, 0.15) is 0 Å². The van der Waals surface area contributed by atoms with E-state index in [-0.39, 0.29) is 0 Å². The Morgan fingerprint density at radius 3 is 2.11 bits per heavy atom. The smallest absolute Gasteiger partial charge is 0.187 e. The summed E-state index contributed by atoms with van der Waals surface area (Å²) in [5.41, 5.74) is 3.23. The first-order chi connectivity index (χ1) is 8.86. The zero-order valence-corrected chi connectivity index (χ0v) is 10.5. The molecule has 3 heteroatoms. The van der Waals surface area contributed by atoms with Crippen molar-refractivity contribution >= 4 is 11.3 Å². The number of aromatic nitrogens is 1. The van der Waals surface area contributed by atoms with E-state index in [4.69, 9.17) is 5.41 Å². The maximum atomic E-state index is 8.06. The van der Waals surface area contributed by atoms with Gasteiger partial charge in [0, 0.05) is 11.1 Å². The Hall–Kier alpha value is -2.13. The Morgan fingerprint density at radius 2 is 1.44 bits per heavy atom. The summed E-state index contributed by atoms with van der Waals surface area (Å²) in [4.78, 5) is 0.542. The van der Waals surface area contributed by atoms with E-state index in [1.165, 1.54) is 11.3 Å². The fourth-order valence-corrected chi connectivity index (χ4v) is 2.74. The molecule has 1 heterocycles. The molecule has 1 aromatic heterocycles. The number of rotatable bonds is 2. The molecule has 3 rings (SSSR count). The lowest BCUT2D eigenvalue weighted by Gasteiger charge is -2.08. The fourth-order valence-electron chi connectivity index (χ4n) is 1.97. The lowest BCUT2D eigenvalue weighted by Crippen LogP contribution is -2.11. The van der Waals surface area contributed by atoms with Gasteiger partial charge < -0.3 is 0 Å². The zero-order chi connectivity index (χ0) is 12.4. The first kappa shape index (κ1) is 11.0. The number of nitrogens with one attached hydrogen (secondary N) is 1. The van der Waals surface area contributed by atoms with Gasteiger partial charge in [-0.05, 0) is 17.7 Å². The van der Waals surface area contributed by atoms with E-state index in [1.54, 1.807) is 0 Å². The standard InChI is InChI=1S/C15H12N2S/c16-15-17(13-9-5-2-6-10-13)14(11-18-15)12-7-3-1-4-8-12/h1-11,16H. The maximum Gasteiger partial charge on any atom is 0.187 e. The Morgan fingerprint density at radius 1 is 0.833 bits per heavy atom. The summed E-state index contributed by atoms with van der Waals surface area (Å²) in [7, 11) is 0. The predicted octanol–water partition coefficient (Wildman–Crippen LogP) is 3.69. The second kappa shape index (κ2) is 4.63. The van der Waals surface area contributed by atoms with Gasteiger partial charge in [0.25, 0.3) is 0 Å². The second-order valence-electron chi connectivity index (χ2n) is 3.96. The summed E-state index contributed by atoms with van der Waals surface area (Å²) in [6, 6.07) is 20.2. The van der Waals surface area contributed by atoms with Crippen molar-refractivity contribution in [2.45, 2.75) is 0 Å². The van der Waals surface area contributed by atoms with E-state index < -0.39 is 0 Å². The van der Waals surface area contributed by atoms with Crippen LogP contribution >= 0.6 is 11.3 Å². The molecule has 88 valence electrons. The monoisotopic (exact) mass is 252 g/mol. The van der Waals surface area contributed by atoms with Crippen molar-refractivity contribution in [3.05, 3.63) is 70.8 Å². The molecule has 3 aromatic rings. The van der Waals surface area contributed by atoms with Crippen LogP contribution in [0.4, 0.5) is 0 Å². The highest BCUT2D eigenvalue weighted by atomic mass is 32.1. The fraction of sp³-hybridized carbons (Fsp3) is 0. The molecule has 0 radical (unpaired) electrons. The zero-order valence-electron chi connectivity index (χ0n) is 9.71. The molecule has 0 saturated carbocycles. The summed E-state index contributed by atoms with van der Waals surface area (Å²) in [6.07, 6.45) is 0. The van der Waals surface area contributed by atoms with Crippen LogP contribution < -0.4 is 4.80 Å². The van der Waals surface area contributed by atoms with Crippen LogP contribution in [-0.4, -0.2) is 4.57 Å². The first-order valence-electron chi connectivity index (χ1n) is 5.72. The Kier molecular flexibility index (Phi) is 2.82. The largest absolute Gasteiger partial charge is 0.286 e. The van der Waals surface area contributed by atoms with Gasteiger partial charge in [-0.3, -0.25) is 9.98 Å². The minimum atomic E-state index is 0.542. The van der Waals surface area contributed by atoms with Crippen LogP contribution in [0.2, 0.25) is 0 Å². The van der Waals surface area contributed by atoms with Gasteiger partial charge in [0.15, 0.2) is 4.80 Å². The molecule has 0 atom stereocenters. The van der Waals surface area contributed by atoms with Crippen molar-refractivity contribution in [3.8, 4) is 16.9 Å². The number of hydrogen-bond acceptors (Lipinski definition) is 2. The van der Waals surface area contributed by atoms with Crippen LogP contribution in [0, 0.1) is 5.41 Å². The Labute approximate surface area is 109 Å². The Bertz CT molecular complexity index is 696. The second-order valence-corrected chi connectivity index (χ2v) is 4.82. The molecular formula is C15H12N2S. The van der Waals surface area contributed by atoms with E-state index in [0.29, 0.717) is 4.80 Å². The number of hydrogen-bond donors (Lipinski definition) is 1. The third-order valence-electron chi connectivity index (χ3n) is 2.81. The van der Waals surface area contributed by atoms with Crippen molar-refractivity contribution in [1.82, 2.24) is 4.57 Å². The van der Waals surface area contributed by atoms with Gasteiger partial charge in [0.05, 0.1) is 5.69 Å². The van der Waals surface area contributed by atoms with Gasteiger partial charge in [0.2, 0.25) is 0 Å². The summed E-state index contributed by atoms with van der Waals surface area (Å²) >= 11 is 1.45. The van der Waals surface area contributed by atoms with Crippen molar-refractivity contribution < 1.29 is 0 Å². The van der Waals surface area contributed by atoms with Gasteiger partial charge in [0.1, 0.15) is 0 Å². The third-order valence-corrected chi connectivity index (χ3v) is 3.56. The highest BCUT2D eigenvalue weighted by Gasteiger charge is 2.07. The average Bonchev–Trinajstić information content (AvgIpc) is 2.83. The Balaban J connectivity index is 2.23. The number of nitrogens with zero attached hydrogens (tertiary/aromatic N) is 1. The molecule has 0 fully saturated rings.